The minimum absolute atomic E-state index is 0.0670. The van der Waals surface area contributed by atoms with E-state index in [1.54, 1.807) is 27.4 Å². The van der Waals surface area contributed by atoms with E-state index in [1.165, 1.54) is 0 Å². The van der Waals surface area contributed by atoms with E-state index in [0.717, 1.165) is 11.3 Å². The van der Waals surface area contributed by atoms with Crippen molar-refractivity contribution in [3.05, 3.63) is 17.3 Å². The molecule has 0 bridgehead atoms. The normalized spacial score (nSPS) is 15.5. The Morgan fingerprint density at radius 1 is 1.39 bits per heavy atom. The number of carbonyl (C=O) groups excluding carboxylic acids is 1. The number of H-pyrrole nitrogens is 1. The standard InChI is InChI=1S/C12H18BN2O3/c1-11(2,17)12(3,4)18-13-9-5-7-8(15-9)6-14-10(7)16/h5,15,17H,6H2,1-4H3,(H,14,16). The maximum absolute atomic E-state index is 11.4. The fourth-order valence-corrected chi connectivity index (χ4v) is 1.54. The van der Waals surface area contributed by atoms with Gasteiger partial charge in [-0.3, -0.25) is 4.79 Å². The molecule has 0 saturated carbocycles. The highest BCUT2D eigenvalue weighted by atomic mass is 16.5. The Hall–Kier alpha value is -1.27. The van der Waals surface area contributed by atoms with E-state index < -0.39 is 11.2 Å². The monoisotopic (exact) mass is 249 g/mol. The van der Waals surface area contributed by atoms with Crippen molar-refractivity contribution in [2.45, 2.75) is 45.4 Å². The number of nitrogens with one attached hydrogen (secondary N) is 2. The number of amides is 1. The molecule has 0 aromatic carbocycles. The van der Waals surface area contributed by atoms with Crippen LogP contribution in [-0.4, -0.2) is 34.7 Å². The second-order valence-electron chi connectivity index (χ2n) is 5.60. The quantitative estimate of drug-likeness (QED) is 0.661. The molecule has 1 aliphatic heterocycles. The van der Waals surface area contributed by atoms with E-state index in [-0.39, 0.29) is 5.91 Å². The molecular weight excluding hydrogens is 231 g/mol. The summed E-state index contributed by atoms with van der Waals surface area (Å²) in [6.07, 6.45) is 0. The van der Waals surface area contributed by atoms with Crippen LogP contribution in [0.1, 0.15) is 43.7 Å². The molecule has 1 aromatic heterocycles. The fraction of sp³-hybridized carbons (Fsp3) is 0.583. The molecule has 18 heavy (non-hydrogen) atoms. The largest absolute Gasteiger partial charge is 0.425 e. The zero-order chi connectivity index (χ0) is 13.6. The van der Waals surface area contributed by atoms with Gasteiger partial charge in [-0.2, -0.15) is 0 Å². The summed E-state index contributed by atoms with van der Waals surface area (Å²) in [5, 5.41) is 12.7. The second-order valence-corrected chi connectivity index (χ2v) is 5.60. The summed E-state index contributed by atoms with van der Waals surface area (Å²) in [5.41, 5.74) is 0.579. The zero-order valence-corrected chi connectivity index (χ0v) is 11.1. The van der Waals surface area contributed by atoms with E-state index in [9.17, 15) is 9.90 Å². The molecule has 0 fully saturated rings. The molecule has 0 spiro atoms. The van der Waals surface area contributed by atoms with Crippen molar-refractivity contribution in [1.29, 1.82) is 0 Å². The maximum Gasteiger partial charge on any atom is 0.348 e. The maximum atomic E-state index is 11.4. The van der Waals surface area contributed by atoms with Crippen LogP contribution in [0.15, 0.2) is 6.07 Å². The molecule has 6 heteroatoms. The molecule has 1 radical (unpaired) electrons. The van der Waals surface area contributed by atoms with Gasteiger partial charge in [0.05, 0.1) is 23.3 Å². The van der Waals surface area contributed by atoms with Crippen LogP contribution in [0.4, 0.5) is 0 Å². The van der Waals surface area contributed by atoms with Gasteiger partial charge in [0.25, 0.3) is 5.91 Å². The van der Waals surface area contributed by atoms with Crippen molar-refractivity contribution in [1.82, 2.24) is 10.3 Å². The summed E-state index contributed by atoms with van der Waals surface area (Å²) >= 11 is 0. The molecule has 3 N–H and O–H groups in total. The molecule has 0 atom stereocenters. The highest BCUT2D eigenvalue weighted by Crippen LogP contribution is 2.24. The molecule has 0 aliphatic carbocycles. The third kappa shape index (κ3) is 2.30. The first kappa shape index (κ1) is 13.2. The van der Waals surface area contributed by atoms with Gasteiger partial charge >= 0.3 is 7.48 Å². The van der Waals surface area contributed by atoms with Crippen LogP contribution in [0.5, 0.6) is 0 Å². The average Bonchev–Trinajstić information content (AvgIpc) is 2.77. The zero-order valence-electron chi connectivity index (χ0n) is 11.1. The first-order valence-electron chi connectivity index (χ1n) is 5.94. The molecule has 0 unspecified atom stereocenters. The van der Waals surface area contributed by atoms with Crippen LogP contribution in [0.3, 0.4) is 0 Å². The van der Waals surface area contributed by atoms with Crippen LogP contribution in [0.25, 0.3) is 0 Å². The van der Waals surface area contributed by atoms with Gasteiger partial charge in [-0.25, -0.2) is 0 Å². The lowest BCUT2D eigenvalue weighted by Crippen LogP contribution is -2.49. The summed E-state index contributed by atoms with van der Waals surface area (Å²) in [6.45, 7) is 7.54. The molecule has 1 aromatic rings. The fourth-order valence-electron chi connectivity index (χ4n) is 1.54. The summed E-state index contributed by atoms with van der Waals surface area (Å²) in [4.78, 5) is 14.5. The number of hydrogen-bond acceptors (Lipinski definition) is 3. The number of aliphatic hydroxyl groups is 1. The predicted molar refractivity (Wildman–Crippen MR) is 68.8 cm³/mol. The van der Waals surface area contributed by atoms with Gasteiger partial charge in [0.1, 0.15) is 0 Å². The Morgan fingerprint density at radius 2 is 2.06 bits per heavy atom. The molecule has 1 amide bonds. The van der Waals surface area contributed by atoms with Gasteiger partial charge in [-0.05, 0) is 33.8 Å². The van der Waals surface area contributed by atoms with Crippen molar-refractivity contribution in [3.8, 4) is 0 Å². The molecule has 5 nitrogen and oxygen atoms in total. The SMILES string of the molecule is CC(C)(O)C(C)(C)O[B]c1cc2c([nH]1)CNC2=O. The third-order valence-corrected chi connectivity index (χ3v) is 3.54. The van der Waals surface area contributed by atoms with Gasteiger partial charge < -0.3 is 20.1 Å². The van der Waals surface area contributed by atoms with Gasteiger partial charge in [-0.15, -0.1) is 0 Å². The van der Waals surface area contributed by atoms with Crippen LogP contribution in [-0.2, 0) is 11.2 Å². The van der Waals surface area contributed by atoms with Crippen molar-refractivity contribution < 1.29 is 14.6 Å². The Morgan fingerprint density at radius 3 is 2.61 bits per heavy atom. The smallest absolute Gasteiger partial charge is 0.348 e. The van der Waals surface area contributed by atoms with Crippen molar-refractivity contribution in [2.75, 3.05) is 0 Å². The minimum Gasteiger partial charge on any atom is -0.425 e. The summed E-state index contributed by atoms with van der Waals surface area (Å²) in [6, 6.07) is 1.75. The van der Waals surface area contributed by atoms with Crippen LogP contribution in [0.2, 0.25) is 0 Å². The van der Waals surface area contributed by atoms with E-state index in [2.05, 4.69) is 10.3 Å². The van der Waals surface area contributed by atoms with Gasteiger partial charge in [0, 0.05) is 11.3 Å². The topological polar surface area (TPSA) is 74.3 Å². The van der Waals surface area contributed by atoms with Crippen molar-refractivity contribution in [3.63, 3.8) is 0 Å². The summed E-state index contributed by atoms with van der Waals surface area (Å²) in [5.74, 6) is -0.0670. The molecule has 0 saturated heterocycles. The Bertz CT molecular complexity index is 474. The lowest BCUT2D eigenvalue weighted by molar-refractivity contribution is -0.0893. The number of rotatable bonds is 4. The molecule has 1 aliphatic rings. The average molecular weight is 249 g/mol. The first-order valence-corrected chi connectivity index (χ1v) is 5.94. The van der Waals surface area contributed by atoms with Crippen molar-refractivity contribution in [2.24, 2.45) is 0 Å². The molecule has 2 rings (SSSR count). The Balaban J connectivity index is 2.04. The Labute approximate surface area is 107 Å². The highest BCUT2D eigenvalue weighted by Gasteiger charge is 2.36. The van der Waals surface area contributed by atoms with Crippen LogP contribution < -0.4 is 10.9 Å². The molecular formula is C12H18BN2O3. The lowest BCUT2D eigenvalue weighted by Gasteiger charge is -2.37. The first-order chi connectivity index (χ1) is 8.21. The number of fused-ring (bicyclic) bond motifs is 1. The minimum atomic E-state index is -0.962. The van der Waals surface area contributed by atoms with E-state index in [4.69, 9.17) is 4.65 Å². The lowest BCUT2D eigenvalue weighted by atomic mass is 9.85. The Kier molecular flexibility index (Phi) is 3.03. The highest BCUT2D eigenvalue weighted by molar-refractivity contribution is 6.46. The van der Waals surface area contributed by atoms with E-state index >= 15 is 0 Å². The predicted octanol–water partition coefficient (Wildman–Crippen LogP) is 0.0687. The van der Waals surface area contributed by atoms with Gasteiger partial charge in [-0.1, -0.05) is 0 Å². The number of aromatic amines is 1. The number of aromatic nitrogens is 1. The van der Waals surface area contributed by atoms with Crippen molar-refractivity contribution >= 4 is 19.0 Å². The van der Waals surface area contributed by atoms with Gasteiger partial charge in [0.15, 0.2) is 0 Å². The van der Waals surface area contributed by atoms with Gasteiger partial charge in [0.2, 0.25) is 0 Å². The molecule has 2 heterocycles. The van der Waals surface area contributed by atoms with Crippen LogP contribution in [0, 0.1) is 0 Å². The number of carbonyl (C=O) groups is 1. The third-order valence-electron chi connectivity index (χ3n) is 3.54. The summed E-state index contributed by atoms with van der Waals surface area (Å²) in [7, 11) is 1.55. The number of hydrogen-bond donors (Lipinski definition) is 3. The van der Waals surface area contributed by atoms with E-state index in [1.807, 2.05) is 13.8 Å². The molecule has 97 valence electrons. The second kappa shape index (κ2) is 4.14. The van der Waals surface area contributed by atoms with Crippen LogP contribution >= 0.6 is 0 Å². The summed E-state index contributed by atoms with van der Waals surface area (Å²) < 4.78 is 5.61. The van der Waals surface area contributed by atoms with E-state index in [0.29, 0.717) is 12.1 Å².